The van der Waals surface area contributed by atoms with Crippen LogP contribution in [0.15, 0.2) is 47.3 Å². The van der Waals surface area contributed by atoms with Crippen LogP contribution in [0.3, 0.4) is 0 Å². The van der Waals surface area contributed by atoms with Gasteiger partial charge in [0, 0.05) is 11.6 Å². The van der Waals surface area contributed by atoms with Crippen LogP contribution in [0.2, 0.25) is 0 Å². The fourth-order valence-electron chi connectivity index (χ4n) is 3.12. The van der Waals surface area contributed by atoms with E-state index in [1.165, 1.54) is 6.26 Å². The molecule has 1 saturated heterocycles. The van der Waals surface area contributed by atoms with Crippen LogP contribution < -0.4 is 0 Å². The molecule has 0 spiro atoms. The van der Waals surface area contributed by atoms with Crippen molar-refractivity contribution in [3.8, 4) is 0 Å². The minimum atomic E-state index is -3.32. The Morgan fingerprint density at radius 3 is 2.73 bits per heavy atom. The molecular weight excluding hydrogens is 300 g/mol. The van der Waals surface area contributed by atoms with Gasteiger partial charge >= 0.3 is 0 Å². The molecule has 6 heteroatoms. The van der Waals surface area contributed by atoms with E-state index in [0.717, 1.165) is 24.0 Å². The Hall–Kier alpha value is -1.66. The smallest absolute Gasteiger partial charge is 0.215 e. The lowest BCUT2D eigenvalue weighted by atomic mass is 10.1. The van der Waals surface area contributed by atoms with Crippen molar-refractivity contribution in [3.63, 3.8) is 0 Å². The SMILES string of the molecule is C[C@H]1CC[C@@H](c2ccccc2)N1S(=O)(=O)CCc1cnoc1. The Bertz CT molecular complexity index is 698. The number of rotatable bonds is 5. The van der Waals surface area contributed by atoms with Gasteiger partial charge in [0.15, 0.2) is 0 Å². The molecule has 5 nitrogen and oxygen atoms in total. The lowest BCUT2D eigenvalue weighted by molar-refractivity contribution is 0.340. The van der Waals surface area contributed by atoms with E-state index < -0.39 is 10.0 Å². The second-order valence-corrected chi connectivity index (χ2v) is 7.78. The van der Waals surface area contributed by atoms with Crippen LogP contribution >= 0.6 is 0 Å². The first-order chi connectivity index (χ1) is 10.6. The van der Waals surface area contributed by atoms with Crippen molar-refractivity contribution in [3.05, 3.63) is 53.9 Å². The number of benzene rings is 1. The number of aryl methyl sites for hydroxylation is 1. The Balaban J connectivity index is 1.80. The van der Waals surface area contributed by atoms with Gasteiger partial charge in [0.05, 0.1) is 18.0 Å². The van der Waals surface area contributed by atoms with E-state index in [1.807, 2.05) is 37.3 Å². The van der Waals surface area contributed by atoms with Crippen molar-refractivity contribution in [1.82, 2.24) is 9.46 Å². The molecular formula is C16H20N2O3S. The van der Waals surface area contributed by atoms with Crippen LogP contribution in [0.1, 0.15) is 36.9 Å². The largest absolute Gasteiger partial charge is 0.364 e. The number of nitrogens with zero attached hydrogens (tertiary/aromatic N) is 2. The van der Waals surface area contributed by atoms with Crippen LogP contribution in [0, 0.1) is 0 Å². The molecule has 1 aliphatic heterocycles. The van der Waals surface area contributed by atoms with Crippen LogP contribution in [-0.4, -0.2) is 29.7 Å². The molecule has 0 aliphatic carbocycles. The maximum atomic E-state index is 12.8. The summed E-state index contributed by atoms with van der Waals surface area (Å²) in [6, 6.07) is 9.87. The normalized spacial score (nSPS) is 23.0. The van der Waals surface area contributed by atoms with Crippen molar-refractivity contribution in [1.29, 1.82) is 0 Å². The fraction of sp³-hybridized carbons (Fsp3) is 0.438. The number of hydrogen-bond acceptors (Lipinski definition) is 4. The van der Waals surface area contributed by atoms with E-state index >= 15 is 0 Å². The topological polar surface area (TPSA) is 63.4 Å². The average molecular weight is 320 g/mol. The van der Waals surface area contributed by atoms with Gasteiger partial charge in [-0.2, -0.15) is 4.31 Å². The molecule has 2 heterocycles. The summed E-state index contributed by atoms with van der Waals surface area (Å²) < 4.78 is 32.0. The molecule has 1 aromatic heterocycles. The van der Waals surface area contributed by atoms with Crippen molar-refractivity contribution >= 4 is 10.0 Å². The molecule has 1 aliphatic rings. The van der Waals surface area contributed by atoms with Crippen molar-refractivity contribution < 1.29 is 12.9 Å². The molecule has 1 fully saturated rings. The molecule has 0 unspecified atom stereocenters. The number of aromatic nitrogens is 1. The summed E-state index contributed by atoms with van der Waals surface area (Å²) in [6.45, 7) is 1.99. The van der Waals surface area contributed by atoms with Gasteiger partial charge in [0.25, 0.3) is 0 Å². The van der Waals surface area contributed by atoms with E-state index in [-0.39, 0.29) is 17.8 Å². The highest BCUT2D eigenvalue weighted by atomic mass is 32.2. The van der Waals surface area contributed by atoms with Crippen molar-refractivity contribution in [2.75, 3.05) is 5.75 Å². The second kappa shape index (κ2) is 6.22. The summed E-state index contributed by atoms with van der Waals surface area (Å²) in [5.41, 5.74) is 1.88. The van der Waals surface area contributed by atoms with Crippen LogP contribution in [0.25, 0.3) is 0 Å². The summed E-state index contributed by atoms with van der Waals surface area (Å²) >= 11 is 0. The molecule has 0 saturated carbocycles. The fourth-order valence-corrected chi connectivity index (χ4v) is 5.09. The predicted molar refractivity (Wildman–Crippen MR) is 83.7 cm³/mol. The zero-order valence-electron chi connectivity index (χ0n) is 12.6. The Labute approximate surface area is 131 Å². The van der Waals surface area contributed by atoms with Crippen LogP contribution in [0.5, 0.6) is 0 Å². The minimum absolute atomic E-state index is 0.0395. The maximum absolute atomic E-state index is 12.8. The van der Waals surface area contributed by atoms with Gasteiger partial charge in [0.1, 0.15) is 6.26 Å². The average Bonchev–Trinajstić information content (AvgIpc) is 3.15. The molecule has 22 heavy (non-hydrogen) atoms. The van der Waals surface area contributed by atoms with E-state index in [0.29, 0.717) is 6.42 Å². The van der Waals surface area contributed by atoms with Gasteiger partial charge in [-0.05, 0) is 31.7 Å². The lowest BCUT2D eigenvalue weighted by Gasteiger charge is -2.28. The lowest BCUT2D eigenvalue weighted by Crippen LogP contribution is -2.37. The molecule has 3 rings (SSSR count). The molecule has 0 amide bonds. The van der Waals surface area contributed by atoms with Gasteiger partial charge < -0.3 is 4.52 Å². The summed E-state index contributed by atoms with van der Waals surface area (Å²) in [5, 5.41) is 3.61. The van der Waals surface area contributed by atoms with Gasteiger partial charge in [-0.25, -0.2) is 8.42 Å². The quantitative estimate of drug-likeness (QED) is 0.850. The van der Waals surface area contributed by atoms with Gasteiger partial charge in [0.2, 0.25) is 10.0 Å². The Morgan fingerprint density at radius 1 is 1.27 bits per heavy atom. The van der Waals surface area contributed by atoms with Crippen molar-refractivity contribution in [2.45, 2.75) is 38.3 Å². The highest BCUT2D eigenvalue weighted by Gasteiger charge is 2.39. The third-order valence-electron chi connectivity index (χ3n) is 4.24. The third kappa shape index (κ3) is 3.08. The van der Waals surface area contributed by atoms with E-state index in [1.54, 1.807) is 10.5 Å². The zero-order chi connectivity index (χ0) is 15.6. The Kier molecular flexibility index (Phi) is 4.31. The number of sulfonamides is 1. The molecule has 0 radical (unpaired) electrons. The van der Waals surface area contributed by atoms with Crippen molar-refractivity contribution in [2.24, 2.45) is 0 Å². The summed E-state index contributed by atoms with van der Waals surface area (Å²) in [4.78, 5) is 0. The van der Waals surface area contributed by atoms with E-state index in [4.69, 9.17) is 4.52 Å². The molecule has 118 valence electrons. The predicted octanol–water partition coefficient (Wildman–Crippen LogP) is 2.77. The summed E-state index contributed by atoms with van der Waals surface area (Å²) in [5.74, 6) is 0.0852. The number of hydrogen-bond donors (Lipinski definition) is 0. The highest BCUT2D eigenvalue weighted by molar-refractivity contribution is 7.89. The highest BCUT2D eigenvalue weighted by Crippen LogP contribution is 2.38. The first kappa shape index (κ1) is 15.2. The molecule has 2 atom stereocenters. The monoisotopic (exact) mass is 320 g/mol. The molecule has 0 N–H and O–H groups in total. The zero-order valence-corrected chi connectivity index (χ0v) is 13.4. The Morgan fingerprint density at radius 2 is 2.05 bits per heavy atom. The van der Waals surface area contributed by atoms with E-state index in [2.05, 4.69) is 5.16 Å². The van der Waals surface area contributed by atoms with Gasteiger partial charge in [-0.15, -0.1) is 0 Å². The van der Waals surface area contributed by atoms with Crippen LogP contribution in [0.4, 0.5) is 0 Å². The first-order valence-corrected chi connectivity index (χ1v) is 9.13. The van der Waals surface area contributed by atoms with Crippen LogP contribution in [-0.2, 0) is 16.4 Å². The first-order valence-electron chi connectivity index (χ1n) is 7.52. The second-order valence-electron chi connectivity index (χ2n) is 5.78. The van der Waals surface area contributed by atoms with Gasteiger partial charge in [-0.1, -0.05) is 35.5 Å². The van der Waals surface area contributed by atoms with Gasteiger partial charge in [-0.3, -0.25) is 0 Å². The maximum Gasteiger partial charge on any atom is 0.215 e. The standard InChI is InChI=1S/C16H20N2O3S/c1-13-7-8-16(15-5-3-2-4-6-15)18(13)22(19,20)10-9-14-11-17-21-12-14/h2-6,11-13,16H,7-10H2,1H3/t13-,16-/m0/s1. The third-order valence-corrected chi connectivity index (χ3v) is 6.21. The van der Waals surface area contributed by atoms with E-state index in [9.17, 15) is 8.42 Å². The summed E-state index contributed by atoms with van der Waals surface area (Å²) in [6.07, 6.45) is 5.26. The summed E-state index contributed by atoms with van der Waals surface area (Å²) in [7, 11) is -3.32. The molecule has 2 aromatic rings. The molecule has 0 bridgehead atoms. The molecule has 1 aromatic carbocycles. The minimum Gasteiger partial charge on any atom is -0.364 e.